The molecule has 4 rings (SSSR count). The van der Waals surface area contributed by atoms with Crippen LogP contribution in [0.25, 0.3) is 5.57 Å². The maximum absolute atomic E-state index is 13.8. The van der Waals surface area contributed by atoms with Gasteiger partial charge in [-0.3, -0.25) is 19.4 Å². The first-order chi connectivity index (χ1) is 15.8. The molecular weight excluding hydrogens is 428 g/mol. The van der Waals surface area contributed by atoms with Gasteiger partial charge >= 0.3 is 0 Å². The second-order valence-electron chi connectivity index (χ2n) is 8.39. The van der Waals surface area contributed by atoms with E-state index in [0.29, 0.717) is 25.2 Å². The molecule has 1 fully saturated rings. The van der Waals surface area contributed by atoms with Gasteiger partial charge in [-0.1, -0.05) is 23.8 Å². The Balaban J connectivity index is 1.61. The summed E-state index contributed by atoms with van der Waals surface area (Å²) in [7, 11) is 0. The van der Waals surface area contributed by atoms with Gasteiger partial charge in [0.15, 0.2) is 11.6 Å². The molecule has 2 heterocycles. The van der Waals surface area contributed by atoms with Crippen LogP contribution >= 0.6 is 0 Å². The minimum absolute atomic E-state index is 0.0735. The Morgan fingerprint density at radius 3 is 2.39 bits per heavy atom. The van der Waals surface area contributed by atoms with Crippen molar-refractivity contribution in [2.45, 2.75) is 20.3 Å². The third kappa shape index (κ3) is 4.96. The number of hydrogen-bond donors (Lipinski definition) is 1. The lowest BCUT2D eigenvalue weighted by Crippen LogP contribution is -2.39. The summed E-state index contributed by atoms with van der Waals surface area (Å²) in [6.07, 6.45) is 0.635. The Morgan fingerprint density at radius 1 is 0.939 bits per heavy atom. The molecule has 0 aliphatic carbocycles. The fourth-order valence-corrected chi connectivity index (χ4v) is 4.23. The van der Waals surface area contributed by atoms with Gasteiger partial charge in [0.25, 0.3) is 11.8 Å². The van der Waals surface area contributed by atoms with E-state index in [4.69, 9.17) is 4.74 Å². The maximum Gasteiger partial charge on any atom is 0.278 e. The Bertz CT molecular complexity index is 1110. The third-order valence-electron chi connectivity index (χ3n) is 5.97. The third-order valence-corrected chi connectivity index (χ3v) is 5.97. The maximum atomic E-state index is 13.8. The van der Waals surface area contributed by atoms with Crippen molar-refractivity contribution in [3.8, 4) is 0 Å². The Morgan fingerprint density at radius 2 is 1.70 bits per heavy atom. The predicted molar refractivity (Wildman–Crippen MR) is 121 cm³/mol. The number of nitrogens with zero attached hydrogens (tertiary/aromatic N) is 2. The number of rotatable bonds is 7. The molecule has 0 atom stereocenters. The van der Waals surface area contributed by atoms with Crippen LogP contribution < -0.4 is 5.32 Å². The summed E-state index contributed by atoms with van der Waals surface area (Å²) in [6.45, 7) is 7.88. The summed E-state index contributed by atoms with van der Waals surface area (Å²) in [5.74, 6) is -2.88. The van der Waals surface area contributed by atoms with E-state index >= 15 is 0 Å². The summed E-state index contributed by atoms with van der Waals surface area (Å²) in [5.41, 5.74) is 3.04. The standard InChI is InChI=1S/C25H27F2N3O3/c1-16-4-6-19(17(2)14-16)22-23(28-18-5-7-20(26)21(27)15-18)25(32)30(24(22)31)9-3-8-29-10-12-33-13-11-29/h4-7,14-15,28H,3,8-13H2,1-2H3. The van der Waals surface area contributed by atoms with Gasteiger partial charge in [0.1, 0.15) is 5.70 Å². The Kier molecular flexibility index (Phi) is 6.85. The van der Waals surface area contributed by atoms with Crippen molar-refractivity contribution in [3.05, 3.63) is 70.4 Å². The van der Waals surface area contributed by atoms with Crippen LogP contribution in [-0.2, 0) is 14.3 Å². The van der Waals surface area contributed by atoms with Gasteiger partial charge in [0.2, 0.25) is 0 Å². The molecule has 2 aromatic rings. The molecule has 2 aliphatic rings. The molecule has 6 nitrogen and oxygen atoms in total. The number of anilines is 1. The average molecular weight is 456 g/mol. The molecule has 0 spiro atoms. The van der Waals surface area contributed by atoms with Gasteiger partial charge in [-0.25, -0.2) is 8.78 Å². The minimum atomic E-state index is -1.03. The van der Waals surface area contributed by atoms with Crippen LogP contribution in [0.4, 0.5) is 14.5 Å². The average Bonchev–Trinajstić information content (AvgIpc) is 3.01. The molecule has 2 aliphatic heterocycles. The SMILES string of the molecule is Cc1ccc(C2=C(Nc3ccc(F)c(F)c3)C(=O)N(CCCN3CCOCC3)C2=O)c(C)c1. The molecule has 174 valence electrons. The fourth-order valence-electron chi connectivity index (χ4n) is 4.23. The molecule has 33 heavy (non-hydrogen) atoms. The van der Waals surface area contributed by atoms with E-state index in [-0.39, 0.29) is 29.4 Å². The van der Waals surface area contributed by atoms with Gasteiger partial charge in [0, 0.05) is 37.9 Å². The number of benzene rings is 2. The Labute approximate surface area is 191 Å². The molecule has 0 unspecified atom stereocenters. The first kappa shape index (κ1) is 23.1. The number of halogens is 2. The highest BCUT2D eigenvalue weighted by molar-refractivity contribution is 6.36. The largest absolute Gasteiger partial charge is 0.379 e. The lowest BCUT2D eigenvalue weighted by atomic mass is 9.97. The number of aryl methyl sites for hydroxylation is 2. The van der Waals surface area contributed by atoms with Crippen LogP contribution in [0, 0.1) is 25.5 Å². The normalized spacial score (nSPS) is 17.3. The van der Waals surface area contributed by atoms with Crippen molar-refractivity contribution in [3.63, 3.8) is 0 Å². The Hall–Kier alpha value is -3.10. The molecule has 1 N–H and O–H groups in total. The first-order valence-corrected chi connectivity index (χ1v) is 11.1. The van der Waals surface area contributed by atoms with Gasteiger partial charge in [-0.15, -0.1) is 0 Å². The van der Waals surface area contributed by atoms with Crippen LogP contribution in [-0.4, -0.2) is 61.0 Å². The van der Waals surface area contributed by atoms with Crippen molar-refractivity contribution in [2.75, 3.05) is 44.7 Å². The lowest BCUT2D eigenvalue weighted by Gasteiger charge is -2.27. The second kappa shape index (κ2) is 9.80. The van der Waals surface area contributed by atoms with Gasteiger partial charge in [-0.2, -0.15) is 0 Å². The highest BCUT2D eigenvalue weighted by Crippen LogP contribution is 2.33. The van der Waals surface area contributed by atoms with Crippen LogP contribution in [0.15, 0.2) is 42.1 Å². The summed E-state index contributed by atoms with van der Waals surface area (Å²) in [4.78, 5) is 30.2. The summed E-state index contributed by atoms with van der Waals surface area (Å²) >= 11 is 0. The number of nitrogens with one attached hydrogen (secondary N) is 1. The van der Waals surface area contributed by atoms with Gasteiger partial charge in [-0.05, 0) is 43.5 Å². The van der Waals surface area contributed by atoms with Crippen molar-refractivity contribution < 1.29 is 23.1 Å². The minimum Gasteiger partial charge on any atom is -0.379 e. The number of hydrogen-bond acceptors (Lipinski definition) is 5. The van der Waals surface area contributed by atoms with E-state index < -0.39 is 17.5 Å². The first-order valence-electron chi connectivity index (χ1n) is 11.1. The highest BCUT2D eigenvalue weighted by Gasteiger charge is 2.39. The van der Waals surface area contributed by atoms with Gasteiger partial charge < -0.3 is 10.1 Å². The van der Waals surface area contributed by atoms with E-state index in [2.05, 4.69) is 10.2 Å². The molecule has 0 bridgehead atoms. The number of carbonyl (C=O) groups is 2. The fraction of sp³-hybridized carbons (Fsp3) is 0.360. The summed E-state index contributed by atoms with van der Waals surface area (Å²) in [5, 5.41) is 2.88. The molecule has 0 aromatic heterocycles. The highest BCUT2D eigenvalue weighted by atomic mass is 19.2. The second-order valence-corrected chi connectivity index (χ2v) is 8.39. The molecule has 2 amide bonds. The molecule has 0 radical (unpaired) electrons. The van der Waals surface area contributed by atoms with E-state index in [0.717, 1.165) is 42.9 Å². The smallest absolute Gasteiger partial charge is 0.278 e. The van der Waals surface area contributed by atoms with Gasteiger partial charge in [0.05, 0.1) is 18.8 Å². The molecule has 8 heteroatoms. The zero-order valence-corrected chi connectivity index (χ0v) is 18.8. The monoisotopic (exact) mass is 455 g/mol. The van der Waals surface area contributed by atoms with Crippen molar-refractivity contribution in [1.82, 2.24) is 9.80 Å². The van der Waals surface area contributed by atoms with E-state index in [1.165, 1.54) is 11.0 Å². The number of morpholine rings is 1. The van der Waals surface area contributed by atoms with E-state index in [1.807, 2.05) is 32.0 Å². The number of amides is 2. The quantitative estimate of drug-likeness (QED) is 0.648. The molecule has 0 saturated carbocycles. The lowest BCUT2D eigenvalue weighted by molar-refractivity contribution is -0.136. The van der Waals surface area contributed by atoms with Crippen LogP contribution in [0.5, 0.6) is 0 Å². The number of ether oxygens (including phenoxy) is 1. The zero-order valence-electron chi connectivity index (χ0n) is 18.8. The number of carbonyl (C=O) groups excluding carboxylic acids is 2. The van der Waals surface area contributed by atoms with Crippen LogP contribution in [0.2, 0.25) is 0 Å². The molecule has 2 aromatic carbocycles. The number of imide groups is 1. The molecular formula is C25H27F2N3O3. The summed E-state index contributed by atoms with van der Waals surface area (Å²) in [6, 6.07) is 8.93. The van der Waals surface area contributed by atoms with Crippen LogP contribution in [0.1, 0.15) is 23.1 Å². The summed E-state index contributed by atoms with van der Waals surface area (Å²) < 4.78 is 32.5. The van der Waals surface area contributed by atoms with Crippen molar-refractivity contribution in [2.24, 2.45) is 0 Å². The topological polar surface area (TPSA) is 61.9 Å². The molecule has 1 saturated heterocycles. The van der Waals surface area contributed by atoms with Crippen molar-refractivity contribution >= 4 is 23.1 Å². The zero-order chi connectivity index (χ0) is 23.5. The van der Waals surface area contributed by atoms with Crippen molar-refractivity contribution in [1.29, 1.82) is 0 Å². The van der Waals surface area contributed by atoms with E-state index in [9.17, 15) is 18.4 Å². The van der Waals surface area contributed by atoms with E-state index in [1.54, 1.807) is 0 Å². The van der Waals surface area contributed by atoms with Crippen LogP contribution in [0.3, 0.4) is 0 Å². The predicted octanol–water partition coefficient (Wildman–Crippen LogP) is 3.50.